The fourth-order valence-electron chi connectivity index (χ4n) is 4.50. The summed E-state index contributed by atoms with van der Waals surface area (Å²) in [5.74, 6) is -0.876. The Balaban J connectivity index is 1.79. The third-order valence-electron chi connectivity index (χ3n) is 6.48. The van der Waals surface area contributed by atoms with E-state index in [0.717, 1.165) is 5.56 Å². The number of benzene rings is 2. The van der Waals surface area contributed by atoms with Gasteiger partial charge in [-0.1, -0.05) is 24.3 Å². The number of nitro benzene ring substituents is 1. The molecule has 2 aromatic rings. The molecule has 1 heterocycles. The van der Waals surface area contributed by atoms with Crippen molar-refractivity contribution in [1.82, 2.24) is 9.80 Å². The highest BCUT2D eigenvalue weighted by atomic mass is 16.6. The van der Waals surface area contributed by atoms with E-state index >= 15 is 0 Å². The number of methoxy groups -OCH3 is 1. The molecule has 0 saturated heterocycles. The van der Waals surface area contributed by atoms with Crippen LogP contribution in [0.2, 0.25) is 0 Å². The number of nitro groups is 1. The Labute approximate surface area is 227 Å². The maximum absolute atomic E-state index is 13.1. The van der Waals surface area contributed by atoms with E-state index < -0.39 is 35.0 Å². The van der Waals surface area contributed by atoms with E-state index in [-0.39, 0.29) is 30.3 Å². The number of likely N-dealkylation sites (N-methyl/N-ethyl adjacent to an activating group) is 1. The molecule has 2 aromatic carbocycles. The highest BCUT2D eigenvalue weighted by molar-refractivity contribution is 6.08. The van der Waals surface area contributed by atoms with Crippen LogP contribution in [-0.2, 0) is 20.7 Å². The van der Waals surface area contributed by atoms with E-state index in [9.17, 15) is 24.5 Å². The zero-order chi connectivity index (χ0) is 28.7. The van der Waals surface area contributed by atoms with Gasteiger partial charge in [-0.2, -0.15) is 0 Å². The average Bonchev–Trinajstić information content (AvgIpc) is 2.89. The molecule has 0 fully saturated rings. The van der Waals surface area contributed by atoms with Gasteiger partial charge in [0.25, 0.3) is 5.69 Å². The first-order valence-electron chi connectivity index (χ1n) is 12.7. The molecular formula is C28H34N4O7. The molecule has 3 amide bonds. The Morgan fingerprint density at radius 3 is 2.49 bits per heavy atom. The SMILES string of the molecule is COc1ccc(CC(=O)N(C)CCCN2C(=O)N=C(C)C(C(=O)OC(C)C)C2c2cccc([N+](=O)[O-])c2)cc1. The molecular weight excluding hydrogens is 504 g/mol. The minimum absolute atomic E-state index is 0.0902. The number of non-ortho nitro benzene ring substituents is 1. The molecule has 11 heteroatoms. The van der Waals surface area contributed by atoms with Gasteiger partial charge in [-0.25, -0.2) is 9.79 Å². The number of hydrogen-bond acceptors (Lipinski definition) is 7. The number of hydrogen-bond donors (Lipinski definition) is 0. The number of amides is 3. The van der Waals surface area contributed by atoms with E-state index in [2.05, 4.69) is 4.99 Å². The third kappa shape index (κ3) is 7.40. The summed E-state index contributed by atoms with van der Waals surface area (Å²) in [7, 11) is 3.26. The maximum atomic E-state index is 13.1. The summed E-state index contributed by atoms with van der Waals surface area (Å²) in [5, 5.41) is 11.4. The van der Waals surface area contributed by atoms with Crippen molar-refractivity contribution in [3.63, 3.8) is 0 Å². The first-order valence-corrected chi connectivity index (χ1v) is 12.7. The number of carbonyl (C=O) groups excluding carboxylic acids is 3. The minimum Gasteiger partial charge on any atom is -0.497 e. The molecule has 0 bridgehead atoms. The summed E-state index contributed by atoms with van der Waals surface area (Å²) >= 11 is 0. The molecule has 2 unspecified atom stereocenters. The number of esters is 1. The van der Waals surface area contributed by atoms with Crippen molar-refractivity contribution < 1.29 is 28.8 Å². The fraction of sp³-hybridized carbons (Fsp3) is 0.429. The zero-order valence-corrected chi connectivity index (χ0v) is 22.8. The lowest BCUT2D eigenvalue weighted by Gasteiger charge is -2.39. The van der Waals surface area contributed by atoms with E-state index in [1.807, 2.05) is 12.1 Å². The predicted octanol–water partition coefficient (Wildman–Crippen LogP) is 4.20. The van der Waals surface area contributed by atoms with E-state index in [1.165, 1.54) is 23.1 Å². The van der Waals surface area contributed by atoms with Crippen molar-refractivity contribution in [1.29, 1.82) is 0 Å². The van der Waals surface area contributed by atoms with Crippen LogP contribution in [-0.4, -0.2) is 71.7 Å². The lowest BCUT2D eigenvalue weighted by Crippen LogP contribution is -2.48. The summed E-state index contributed by atoms with van der Waals surface area (Å²) < 4.78 is 10.6. The van der Waals surface area contributed by atoms with E-state index in [0.29, 0.717) is 24.3 Å². The Morgan fingerprint density at radius 2 is 1.87 bits per heavy atom. The molecule has 0 aliphatic carbocycles. The summed E-state index contributed by atoms with van der Waals surface area (Å²) in [5.41, 5.74) is 1.41. The molecule has 208 valence electrons. The van der Waals surface area contributed by atoms with Crippen molar-refractivity contribution in [2.45, 2.75) is 45.8 Å². The first kappa shape index (κ1) is 29.3. The highest BCUT2D eigenvalue weighted by Crippen LogP contribution is 2.36. The van der Waals surface area contributed by atoms with Crippen LogP contribution in [0.4, 0.5) is 10.5 Å². The lowest BCUT2D eigenvalue weighted by molar-refractivity contribution is -0.385. The van der Waals surface area contributed by atoms with Gasteiger partial charge in [-0.05, 0) is 50.5 Å². The molecule has 0 saturated carbocycles. The summed E-state index contributed by atoms with van der Waals surface area (Å²) in [6.45, 7) is 5.55. The predicted molar refractivity (Wildman–Crippen MR) is 145 cm³/mol. The summed E-state index contributed by atoms with van der Waals surface area (Å²) in [6.07, 6.45) is 0.224. The number of urea groups is 1. The summed E-state index contributed by atoms with van der Waals surface area (Å²) in [4.78, 5) is 57.0. The molecule has 1 aliphatic heterocycles. The molecule has 3 rings (SSSR count). The fourth-order valence-corrected chi connectivity index (χ4v) is 4.50. The van der Waals surface area contributed by atoms with Crippen LogP contribution in [0.3, 0.4) is 0 Å². The van der Waals surface area contributed by atoms with E-state index in [4.69, 9.17) is 9.47 Å². The molecule has 0 spiro atoms. The van der Waals surface area contributed by atoms with Crippen molar-refractivity contribution in [2.75, 3.05) is 27.2 Å². The molecule has 39 heavy (non-hydrogen) atoms. The smallest absolute Gasteiger partial charge is 0.344 e. The first-order chi connectivity index (χ1) is 18.5. The molecule has 11 nitrogen and oxygen atoms in total. The van der Waals surface area contributed by atoms with Crippen LogP contribution < -0.4 is 4.74 Å². The second kappa shape index (κ2) is 13.0. The van der Waals surface area contributed by atoms with Crippen LogP contribution >= 0.6 is 0 Å². The summed E-state index contributed by atoms with van der Waals surface area (Å²) in [6, 6.07) is 11.7. The van der Waals surface area contributed by atoms with Gasteiger partial charge in [0, 0.05) is 38.0 Å². The monoisotopic (exact) mass is 538 g/mol. The Bertz CT molecular complexity index is 1240. The topological polar surface area (TPSA) is 132 Å². The second-order valence-corrected chi connectivity index (χ2v) is 9.68. The van der Waals surface area contributed by atoms with Crippen LogP contribution in [0.1, 0.15) is 44.4 Å². The quantitative estimate of drug-likeness (QED) is 0.238. The maximum Gasteiger partial charge on any atom is 0.344 e. The highest BCUT2D eigenvalue weighted by Gasteiger charge is 2.43. The molecule has 0 N–H and O–H groups in total. The van der Waals surface area contributed by atoms with Crippen LogP contribution in [0.5, 0.6) is 5.75 Å². The molecule has 2 atom stereocenters. The number of nitrogens with zero attached hydrogens (tertiary/aromatic N) is 4. The minimum atomic E-state index is -0.929. The molecule has 0 aromatic heterocycles. The van der Waals surface area contributed by atoms with Gasteiger partial charge in [-0.15, -0.1) is 0 Å². The lowest BCUT2D eigenvalue weighted by atomic mass is 9.86. The van der Waals surface area contributed by atoms with Gasteiger partial charge in [-0.3, -0.25) is 19.7 Å². The van der Waals surface area contributed by atoms with Crippen LogP contribution in [0, 0.1) is 16.0 Å². The number of aliphatic imine (C=N–C) groups is 1. The Kier molecular flexibility index (Phi) is 9.75. The van der Waals surface area contributed by atoms with Gasteiger partial charge in [0.15, 0.2) is 0 Å². The van der Waals surface area contributed by atoms with Gasteiger partial charge < -0.3 is 19.3 Å². The largest absolute Gasteiger partial charge is 0.497 e. The van der Waals surface area contributed by atoms with Crippen molar-refractivity contribution in [3.8, 4) is 5.75 Å². The van der Waals surface area contributed by atoms with Gasteiger partial charge >= 0.3 is 12.0 Å². The Hall–Kier alpha value is -4.28. The Morgan fingerprint density at radius 1 is 1.18 bits per heavy atom. The van der Waals surface area contributed by atoms with E-state index in [1.54, 1.807) is 58.0 Å². The number of carbonyl (C=O) groups is 3. The average molecular weight is 539 g/mol. The van der Waals surface area contributed by atoms with Gasteiger partial charge in [0.05, 0.1) is 30.6 Å². The third-order valence-corrected chi connectivity index (χ3v) is 6.48. The van der Waals surface area contributed by atoms with Crippen molar-refractivity contribution in [2.24, 2.45) is 10.9 Å². The van der Waals surface area contributed by atoms with Crippen LogP contribution in [0.25, 0.3) is 0 Å². The normalized spacial score (nSPS) is 17.0. The number of ether oxygens (including phenoxy) is 2. The standard InChI is InChI=1S/C28H34N4O7/c1-18(2)39-27(34)25-19(3)29-28(35)31(26(25)21-8-6-9-22(17-21)32(36)37)15-7-14-30(4)24(33)16-20-10-12-23(38-5)13-11-20/h6,8-13,17-18,25-26H,7,14-16H2,1-5H3. The molecule has 1 aliphatic rings. The second-order valence-electron chi connectivity index (χ2n) is 9.68. The van der Waals surface area contributed by atoms with Crippen LogP contribution in [0.15, 0.2) is 53.5 Å². The van der Waals surface area contributed by atoms with Gasteiger partial charge in [0.2, 0.25) is 5.91 Å². The van der Waals surface area contributed by atoms with Crippen molar-refractivity contribution in [3.05, 3.63) is 69.8 Å². The van der Waals surface area contributed by atoms with Crippen molar-refractivity contribution >= 4 is 29.3 Å². The number of rotatable bonds is 11. The van der Waals surface area contributed by atoms with Gasteiger partial charge in [0.1, 0.15) is 11.7 Å². The zero-order valence-electron chi connectivity index (χ0n) is 22.8. The molecule has 0 radical (unpaired) electrons.